The Hall–Kier alpha value is -3.47. The van der Waals surface area contributed by atoms with Gasteiger partial charge in [0.1, 0.15) is 0 Å². The van der Waals surface area contributed by atoms with Crippen molar-refractivity contribution in [3.63, 3.8) is 0 Å². The first-order chi connectivity index (χ1) is 16.3. The maximum Gasteiger partial charge on any atom is 0.460 e. The summed E-state index contributed by atoms with van der Waals surface area (Å²) in [5.74, 6) is -27.4. The van der Waals surface area contributed by atoms with Gasteiger partial charge in [0.25, 0.3) is 0 Å². The van der Waals surface area contributed by atoms with Crippen molar-refractivity contribution in [2.75, 3.05) is 23.8 Å². The molecule has 204 valence electrons. The van der Waals surface area contributed by atoms with E-state index >= 15 is 0 Å². The Balaban J connectivity index is 3.50. The van der Waals surface area contributed by atoms with Crippen molar-refractivity contribution in [3.05, 3.63) is 30.0 Å². The van der Waals surface area contributed by atoms with Gasteiger partial charge in [0.2, 0.25) is 5.83 Å². The lowest BCUT2D eigenvalue weighted by Gasteiger charge is -2.32. The van der Waals surface area contributed by atoms with Crippen LogP contribution in [0.1, 0.15) is 13.8 Å². The largest absolute Gasteiger partial charge is 0.460 e. The fourth-order valence-electron chi connectivity index (χ4n) is 2.13. The highest BCUT2D eigenvalue weighted by Gasteiger charge is 2.83. The van der Waals surface area contributed by atoms with Crippen molar-refractivity contribution in [2.45, 2.75) is 37.8 Å². The maximum atomic E-state index is 14.1. The molecule has 2 amide bonds. The minimum absolute atomic E-state index is 0.147. The zero-order chi connectivity index (χ0) is 28.1. The van der Waals surface area contributed by atoms with Crippen LogP contribution in [0.4, 0.5) is 69.3 Å². The van der Waals surface area contributed by atoms with Crippen LogP contribution in [-0.4, -0.2) is 49.3 Å². The fourth-order valence-corrected chi connectivity index (χ4v) is 2.13. The predicted octanol–water partition coefficient (Wildman–Crippen LogP) is 6.78. The van der Waals surface area contributed by atoms with Gasteiger partial charge in [-0.25, -0.2) is 9.59 Å². The van der Waals surface area contributed by atoms with Gasteiger partial charge in [-0.15, -0.1) is 0 Å². The Labute approximate surface area is 194 Å². The lowest BCUT2D eigenvalue weighted by Crippen LogP contribution is -2.61. The van der Waals surface area contributed by atoms with Gasteiger partial charge in [-0.1, -0.05) is 0 Å². The molecule has 7 nitrogen and oxygen atoms in total. The van der Waals surface area contributed by atoms with Crippen LogP contribution in [0.15, 0.2) is 30.0 Å². The third-order valence-electron chi connectivity index (χ3n) is 3.81. The van der Waals surface area contributed by atoms with Crippen LogP contribution in [0.25, 0.3) is 0 Å². The maximum absolute atomic E-state index is 14.1. The number of allylic oxidation sites excluding steroid dienone is 1. The zero-order valence-corrected chi connectivity index (χ0v) is 17.8. The Bertz CT molecular complexity index is 996. The molecule has 18 heteroatoms. The van der Waals surface area contributed by atoms with E-state index in [9.17, 15) is 57.9 Å². The predicted molar refractivity (Wildman–Crippen MR) is 98.5 cm³/mol. The van der Waals surface area contributed by atoms with Gasteiger partial charge >= 0.3 is 42.1 Å². The fraction of sp³-hybridized carbons (Fsp3) is 0.444. The summed E-state index contributed by atoms with van der Waals surface area (Å²) in [6, 6.07) is -1.16. The Morgan fingerprint density at radius 2 is 1.31 bits per heavy atom. The molecule has 1 rings (SSSR count). The average molecular weight is 548 g/mol. The SMILES string of the molecule is CCOC(=O)Nc1ccc(NC(=O)OCC)c(OC(F)=C(F)C(F)(F)C(F)(F)C(F)(F)C(F)(F)F)c1. The van der Waals surface area contributed by atoms with Crippen molar-refractivity contribution in [1.29, 1.82) is 0 Å². The zero-order valence-electron chi connectivity index (χ0n) is 17.8. The second-order valence-corrected chi connectivity index (χ2v) is 6.31. The lowest BCUT2D eigenvalue weighted by molar-refractivity contribution is -0.392. The van der Waals surface area contributed by atoms with Gasteiger partial charge in [0.05, 0.1) is 18.9 Å². The molecule has 2 N–H and O–H groups in total. The van der Waals surface area contributed by atoms with E-state index in [1.54, 1.807) is 0 Å². The molecule has 0 aliphatic heterocycles. The van der Waals surface area contributed by atoms with E-state index in [0.29, 0.717) is 6.07 Å². The molecule has 0 spiro atoms. The molecule has 0 radical (unpaired) electrons. The number of halogens is 11. The first kappa shape index (κ1) is 30.6. The number of carbonyl (C=O) groups is 2. The third kappa shape index (κ3) is 6.39. The third-order valence-corrected chi connectivity index (χ3v) is 3.81. The van der Waals surface area contributed by atoms with Crippen LogP contribution in [-0.2, 0) is 9.47 Å². The van der Waals surface area contributed by atoms with Gasteiger partial charge in [-0.3, -0.25) is 10.6 Å². The molecular formula is C18H15F11N2O5. The van der Waals surface area contributed by atoms with Crippen molar-refractivity contribution in [1.82, 2.24) is 0 Å². The van der Waals surface area contributed by atoms with Crippen LogP contribution in [0.5, 0.6) is 5.75 Å². The number of amides is 2. The van der Waals surface area contributed by atoms with E-state index < -0.39 is 65.1 Å². The normalized spacial score (nSPS) is 13.5. The molecule has 1 aromatic rings. The van der Waals surface area contributed by atoms with Crippen LogP contribution < -0.4 is 15.4 Å². The van der Waals surface area contributed by atoms with Gasteiger partial charge in [0.15, 0.2) is 5.75 Å². The number of hydrogen-bond donors (Lipinski definition) is 2. The topological polar surface area (TPSA) is 85.9 Å². The summed E-state index contributed by atoms with van der Waals surface area (Å²) in [5.41, 5.74) is -1.15. The molecule has 0 saturated heterocycles. The smallest absolute Gasteiger partial charge is 0.450 e. The highest BCUT2D eigenvalue weighted by molar-refractivity contribution is 5.89. The highest BCUT2D eigenvalue weighted by Crippen LogP contribution is 2.55. The summed E-state index contributed by atoms with van der Waals surface area (Å²) < 4.78 is 157. The molecule has 0 fully saturated rings. The van der Waals surface area contributed by atoms with E-state index in [2.05, 4.69) is 14.2 Å². The van der Waals surface area contributed by atoms with Crippen molar-refractivity contribution in [3.8, 4) is 5.75 Å². The second-order valence-electron chi connectivity index (χ2n) is 6.31. The van der Waals surface area contributed by atoms with E-state index in [1.165, 1.54) is 13.8 Å². The highest BCUT2D eigenvalue weighted by atomic mass is 19.4. The molecule has 0 heterocycles. The van der Waals surface area contributed by atoms with E-state index in [4.69, 9.17) is 0 Å². The Kier molecular flexibility index (Phi) is 9.40. The molecular weight excluding hydrogens is 533 g/mol. The molecule has 0 aromatic heterocycles. The number of anilines is 2. The van der Waals surface area contributed by atoms with Gasteiger partial charge in [0, 0.05) is 11.8 Å². The molecule has 0 aliphatic rings. The van der Waals surface area contributed by atoms with Crippen LogP contribution in [0.2, 0.25) is 0 Å². The summed E-state index contributed by atoms with van der Waals surface area (Å²) in [7, 11) is 0. The summed E-state index contributed by atoms with van der Waals surface area (Å²) >= 11 is 0. The van der Waals surface area contributed by atoms with Crippen molar-refractivity contribution >= 4 is 23.6 Å². The van der Waals surface area contributed by atoms with E-state index in [1.807, 2.05) is 10.6 Å². The van der Waals surface area contributed by atoms with Crippen LogP contribution in [0, 0.1) is 0 Å². The number of benzene rings is 1. The second kappa shape index (κ2) is 11.1. The average Bonchev–Trinajstić information content (AvgIpc) is 2.74. The number of nitrogens with one attached hydrogen (secondary N) is 2. The monoisotopic (exact) mass is 548 g/mol. The molecule has 36 heavy (non-hydrogen) atoms. The van der Waals surface area contributed by atoms with Crippen molar-refractivity contribution in [2.24, 2.45) is 0 Å². The van der Waals surface area contributed by atoms with Crippen molar-refractivity contribution < 1.29 is 72.1 Å². The quantitative estimate of drug-likeness (QED) is 0.263. The first-order valence-corrected chi connectivity index (χ1v) is 9.28. The standard InChI is InChI=1S/C18H15F11N2O5/c1-3-34-13(32)30-8-5-6-9(31-14(33)35-4-2)10(7-8)36-12(20)11(19)15(21,22)16(23,24)17(25,26)18(27,28)29/h5-7H,3-4H2,1-2H3,(H,30,32)(H,31,33). The molecule has 0 saturated carbocycles. The van der Waals surface area contributed by atoms with Crippen LogP contribution in [0.3, 0.4) is 0 Å². The molecule has 0 bridgehead atoms. The number of ether oxygens (including phenoxy) is 3. The number of rotatable bonds is 9. The van der Waals surface area contributed by atoms with E-state index in [-0.39, 0.29) is 13.2 Å². The number of hydrogen-bond acceptors (Lipinski definition) is 5. The van der Waals surface area contributed by atoms with Crippen LogP contribution >= 0.6 is 0 Å². The number of alkyl halides is 9. The minimum atomic E-state index is -7.51. The first-order valence-electron chi connectivity index (χ1n) is 9.28. The minimum Gasteiger partial charge on any atom is -0.450 e. The number of carbonyl (C=O) groups excluding carboxylic acids is 2. The van der Waals surface area contributed by atoms with Gasteiger partial charge in [-0.05, 0) is 26.0 Å². The summed E-state index contributed by atoms with van der Waals surface area (Å²) in [6.07, 6.45) is -9.71. The van der Waals surface area contributed by atoms with Gasteiger partial charge in [-0.2, -0.15) is 48.3 Å². The summed E-state index contributed by atoms with van der Waals surface area (Å²) in [4.78, 5) is 23.0. The summed E-state index contributed by atoms with van der Waals surface area (Å²) in [5, 5.41) is 3.80. The molecule has 0 atom stereocenters. The summed E-state index contributed by atoms with van der Waals surface area (Å²) in [6.45, 7) is 2.34. The lowest BCUT2D eigenvalue weighted by atomic mass is 10.0. The molecule has 1 aromatic carbocycles. The molecule has 0 aliphatic carbocycles. The molecule has 0 unspecified atom stereocenters. The van der Waals surface area contributed by atoms with Gasteiger partial charge < -0.3 is 14.2 Å². The van der Waals surface area contributed by atoms with E-state index in [0.717, 1.165) is 12.1 Å². The Morgan fingerprint density at radius 3 is 1.78 bits per heavy atom. The Morgan fingerprint density at radius 1 is 0.806 bits per heavy atom.